The molecule has 0 unspecified atom stereocenters. The van der Waals surface area contributed by atoms with Crippen molar-refractivity contribution in [1.29, 1.82) is 0 Å². The van der Waals surface area contributed by atoms with Gasteiger partial charge in [-0.2, -0.15) is 0 Å². The van der Waals surface area contributed by atoms with Gasteiger partial charge in [0.05, 0.1) is 22.6 Å². The average molecular weight is 234 g/mol. The highest BCUT2D eigenvalue weighted by Crippen LogP contribution is 2.24. The van der Waals surface area contributed by atoms with Crippen molar-refractivity contribution in [2.45, 2.75) is 6.92 Å². The largest absolute Gasteiger partial charge is 0.397 e. The summed E-state index contributed by atoms with van der Waals surface area (Å²) < 4.78 is 0. The normalized spacial score (nSPS) is 10.1. The third-order valence-corrected chi connectivity index (χ3v) is 2.62. The van der Waals surface area contributed by atoms with Gasteiger partial charge in [0, 0.05) is 0 Å². The lowest BCUT2D eigenvalue weighted by Crippen LogP contribution is -1.97. The smallest absolute Gasteiger partial charge is 0.130 e. The summed E-state index contributed by atoms with van der Waals surface area (Å²) in [4.78, 5) is 4.18. The first kappa shape index (κ1) is 10.8. The number of nitrogens with two attached hydrogens (primary N) is 1. The van der Waals surface area contributed by atoms with E-state index in [4.69, 9.17) is 17.3 Å². The minimum absolute atomic E-state index is 0.666. The zero-order chi connectivity index (χ0) is 11.5. The number of nitrogens with one attached hydrogen (secondary N) is 1. The SMILES string of the molecule is Cc1cc(Nc2ccccc2Cl)ncc1N. The zero-order valence-corrected chi connectivity index (χ0v) is 9.62. The third kappa shape index (κ3) is 2.25. The number of hydrogen-bond acceptors (Lipinski definition) is 3. The van der Waals surface area contributed by atoms with Gasteiger partial charge in [-0.3, -0.25) is 0 Å². The highest BCUT2D eigenvalue weighted by molar-refractivity contribution is 6.33. The van der Waals surface area contributed by atoms with E-state index in [0.717, 1.165) is 17.1 Å². The second-order valence-corrected chi connectivity index (χ2v) is 3.94. The Morgan fingerprint density at radius 3 is 2.75 bits per heavy atom. The Balaban J connectivity index is 2.28. The Hall–Kier alpha value is -1.74. The van der Waals surface area contributed by atoms with Crippen LogP contribution in [-0.4, -0.2) is 4.98 Å². The molecule has 0 amide bonds. The number of halogens is 1. The summed E-state index contributed by atoms with van der Waals surface area (Å²) in [6.07, 6.45) is 1.63. The molecule has 82 valence electrons. The molecule has 0 aliphatic heterocycles. The molecule has 0 saturated heterocycles. The minimum Gasteiger partial charge on any atom is -0.397 e. The predicted molar refractivity (Wildman–Crippen MR) is 68.1 cm³/mol. The van der Waals surface area contributed by atoms with Gasteiger partial charge < -0.3 is 11.1 Å². The molecule has 0 radical (unpaired) electrons. The molecule has 1 heterocycles. The topological polar surface area (TPSA) is 50.9 Å². The Morgan fingerprint density at radius 2 is 2.06 bits per heavy atom. The van der Waals surface area contributed by atoms with Crippen LogP contribution in [0.1, 0.15) is 5.56 Å². The highest BCUT2D eigenvalue weighted by atomic mass is 35.5. The molecular formula is C12H12ClN3. The van der Waals surface area contributed by atoms with Gasteiger partial charge in [0.1, 0.15) is 5.82 Å². The lowest BCUT2D eigenvalue weighted by atomic mass is 10.2. The summed E-state index contributed by atoms with van der Waals surface area (Å²) in [5.74, 6) is 0.736. The van der Waals surface area contributed by atoms with Crippen LogP contribution in [0.3, 0.4) is 0 Å². The number of benzene rings is 1. The molecule has 2 rings (SSSR count). The van der Waals surface area contributed by atoms with Crippen molar-refractivity contribution in [2.24, 2.45) is 0 Å². The number of aromatic nitrogens is 1. The number of rotatable bonds is 2. The summed E-state index contributed by atoms with van der Waals surface area (Å²) in [5.41, 5.74) is 8.21. The van der Waals surface area contributed by atoms with Gasteiger partial charge in [-0.1, -0.05) is 23.7 Å². The molecule has 2 aromatic rings. The number of aryl methyl sites for hydroxylation is 1. The van der Waals surface area contributed by atoms with E-state index >= 15 is 0 Å². The molecule has 0 aliphatic rings. The Labute approximate surface area is 99.3 Å². The van der Waals surface area contributed by atoms with Crippen LogP contribution >= 0.6 is 11.6 Å². The molecule has 0 bridgehead atoms. The molecule has 1 aromatic carbocycles. The molecule has 0 fully saturated rings. The second-order valence-electron chi connectivity index (χ2n) is 3.53. The van der Waals surface area contributed by atoms with Crippen molar-refractivity contribution < 1.29 is 0 Å². The van der Waals surface area contributed by atoms with Crippen LogP contribution in [-0.2, 0) is 0 Å². The van der Waals surface area contributed by atoms with Crippen molar-refractivity contribution in [3.63, 3.8) is 0 Å². The van der Waals surface area contributed by atoms with Crippen molar-refractivity contribution in [3.05, 3.63) is 47.1 Å². The minimum atomic E-state index is 0.666. The van der Waals surface area contributed by atoms with Crippen molar-refractivity contribution >= 4 is 28.8 Å². The number of pyridine rings is 1. The monoisotopic (exact) mass is 233 g/mol. The summed E-state index contributed by atoms with van der Waals surface area (Å²) in [6, 6.07) is 9.41. The van der Waals surface area contributed by atoms with Gasteiger partial charge in [-0.15, -0.1) is 0 Å². The van der Waals surface area contributed by atoms with Crippen LogP contribution in [0.5, 0.6) is 0 Å². The van der Waals surface area contributed by atoms with Crippen molar-refractivity contribution in [2.75, 3.05) is 11.1 Å². The summed E-state index contributed by atoms with van der Waals surface area (Å²) in [5, 5.41) is 3.81. The first-order valence-electron chi connectivity index (χ1n) is 4.90. The van der Waals surface area contributed by atoms with E-state index in [1.165, 1.54) is 0 Å². The van der Waals surface area contributed by atoms with E-state index in [1.807, 2.05) is 37.3 Å². The molecule has 0 saturated carbocycles. The molecule has 3 N–H and O–H groups in total. The van der Waals surface area contributed by atoms with Gasteiger partial charge in [0.25, 0.3) is 0 Å². The molecule has 4 heteroatoms. The lowest BCUT2D eigenvalue weighted by molar-refractivity contribution is 1.28. The van der Waals surface area contributed by atoms with Gasteiger partial charge in [0.2, 0.25) is 0 Å². The van der Waals surface area contributed by atoms with E-state index in [9.17, 15) is 0 Å². The molecule has 3 nitrogen and oxygen atoms in total. The fourth-order valence-corrected chi connectivity index (χ4v) is 1.52. The number of anilines is 3. The van der Waals surface area contributed by atoms with Crippen molar-refractivity contribution in [3.8, 4) is 0 Å². The fourth-order valence-electron chi connectivity index (χ4n) is 1.34. The van der Waals surface area contributed by atoms with Gasteiger partial charge >= 0.3 is 0 Å². The maximum absolute atomic E-state index is 6.03. The zero-order valence-electron chi connectivity index (χ0n) is 8.87. The number of para-hydroxylation sites is 1. The van der Waals surface area contributed by atoms with E-state index in [1.54, 1.807) is 6.20 Å². The van der Waals surface area contributed by atoms with Gasteiger partial charge in [0.15, 0.2) is 0 Å². The summed E-state index contributed by atoms with van der Waals surface area (Å²) >= 11 is 6.03. The van der Waals surface area contributed by atoms with Crippen molar-refractivity contribution in [1.82, 2.24) is 4.98 Å². The van der Waals surface area contributed by atoms with Crippen LogP contribution in [0.25, 0.3) is 0 Å². The quantitative estimate of drug-likeness (QED) is 0.836. The molecular weight excluding hydrogens is 222 g/mol. The Morgan fingerprint density at radius 1 is 1.31 bits per heavy atom. The van der Waals surface area contributed by atoms with E-state index in [2.05, 4.69) is 10.3 Å². The van der Waals surface area contributed by atoms with Crippen LogP contribution in [0.4, 0.5) is 17.2 Å². The van der Waals surface area contributed by atoms with Crippen LogP contribution < -0.4 is 11.1 Å². The van der Waals surface area contributed by atoms with Crippen LogP contribution in [0.15, 0.2) is 36.5 Å². The standard InChI is InChI=1S/C12H12ClN3/c1-8-6-12(15-7-10(8)14)16-11-5-3-2-4-9(11)13/h2-7H,14H2,1H3,(H,15,16). The van der Waals surface area contributed by atoms with E-state index in [0.29, 0.717) is 10.7 Å². The third-order valence-electron chi connectivity index (χ3n) is 2.29. The first-order chi connectivity index (χ1) is 7.66. The molecule has 16 heavy (non-hydrogen) atoms. The Bertz CT molecular complexity index is 511. The average Bonchev–Trinajstić information content (AvgIpc) is 2.27. The summed E-state index contributed by atoms with van der Waals surface area (Å²) in [6.45, 7) is 1.94. The molecule has 0 spiro atoms. The highest BCUT2D eigenvalue weighted by Gasteiger charge is 2.01. The molecule has 0 atom stereocenters. The van der Waals surface area contributed by atoms with Gasteiger partial charge in [-0.25, -0.2) is 4.98 Å². The summed E-state index contributed by atoms with van der Waals surface area (Å²) in [7, 11) is 0. The second kappa shape index (κ2) is 4.41. The fraction of sp³-hybridized carbons (Fsp3) is 0.0833. The Kier molecular flexibility index (Phi) is 2.97. The maximum atomic E-state index is 6.03. The molecule has 0 aliphatic carbocycles. The predicted octanol–water partition coefficient (Wildman–Crippen LogP) is 3.37. The van der Waals surface area contributed by atoms with E-state index in [-0.39, 0.29) is 0 Å². The van der Waals surface area contributed by atoms with Gasteiger partial charge in [-0.05, 0) is 30.7 Å². The lowest BCUT2D eigenvalue weighted by Gasteiger charge is -2.08. The molecule has 1 aromatic heterocycles. The number of nitrogen functional groups attached to an aromatic ring is 1. The van der Waals surface area contributed by atoms with Crippen LogP contribution in [0.2, 0.25) is 5.02 Å². The first-order valence-corrected chi connectivity index (χ1v) is 5.28. The number of hydrogen-bond donors (Lipinski definition) is 2. The van der Waals surface area contributed by atoms with Crippen LogP contribution in [0, 0.1) is 6.92 Å². The van der Waals surface area contributed by atoms with E-state index < -0.39 is 0 Å². The number of nitrogens with zero attached hydrogens (tertiary/aromatic N) is 1. The maximum Gasteiger partial charge on any atom is 0.130 e.